The van der Waals surface area contributed by atoms with Gasteiger partial charge in [-0.25, -0.2) is 35.1 Å². The van der Waals surface area contributed by atoms with Crippen molar-refractivity contribution in [3.8, 4) is 0 Å². The lowest BCUT2D eigenvalue weighted by molar-refractivity contribution is -0.137. The van der Waals surface area contributed by atoms with Crippen molar-refractivity contribution >= 4 is 23.6 Å². The monoisotopic (exact) mass is 1290 g/mol. The highest BCUT2D eigenvalue weighted by Gasteiger charge is 2.38. The molecule has 0 heterocycles. The second kappa shape index (κ2) is 36.3. The zero-order chi connectivity index (χ0) is 68.8. The largest absolute Gasteiger partial charge is 0.364 e. The van der Waals surface area contributed by atoms with E-state index >= 15 is 0 Å². The SMILES string of the molecule is C=C(C)CC(OCc1cc(F)cc(F)c1)C(=O)NC(C)(C)C.CC(C)(C)NC(=O)C(CC1CCCC1)OCc1cc(F)cc(F)c1.CC(C)CC(OCc1cc(F)cc(F)c1)C(=O)NC(C)(C)C.CC1CC1CC(OCc1cc(F)cc(F)c1)C(=O)NC(C)(C)C. The Kier molecular flexibility index (Phi) is 31.5. The highest BCUT2D eigenvalue weighted by Crippen LogP contribution is 2.42. The molecule has 0 radical (unpaired) electrons. The van der Waals surface area contributed by atoms with Gasteiger partial charge in [-0.05, 0) is 210 Å². The van der Waals surface area contributed by atoms with Crippen molar-refractivity contribution in [2.75, 3.05) is 0 Å². The van der Waals surface area contributed by atoms with Gasteiger partial charge in [-0.3, -0.25) is 19.2 Å². The predicted octanol–water partition coefficient (Wildman–Crippen LogP) is 15.7. The van der Waals surface area contributed by atoms with Crippen LogP contribution in [0.25, 0.3) is 0 Å². The first-order valence-corrected chi connectivity index (χ1v) is 31.2. The molecule has 0 saturated heterocycles. The van der Waals surface area contributed by atoms with E-state index in [0.717, 1.165) is 49.1 Å². The molecule has 91 heavy (non-hydrogen) atoms. The number of carbonyl (C=O) groups is 4. The van der Waals surface area contributed by atoms with Gasteiger partial charge in [0.05, 0.1) is 26.4 Å². The summed E-state index contributed by atoms with van der Waals surface area (Å²) < 4.78 is 128. The Balaban J connectivity index is 0.000000317. The maximum atomic E-state index is 13.3. The number of nitrogens with one attached hydrogen (secondary N) is 4. The van der Waals surface area contributed by atoms with Gasteiger partial charge < -0.3 is 40.2 Å². The smallest absolute Gasteiger partial charge is 0.249 e. The lowest BCUT2D eigenvalue weighted by Crippen LogP contribution is -2.47. The highest BCUT2D eigenvalue weighted by atomic mass is 19.2. The summed E-state index contributed by atoms with van der Waals surface area (Å²) in [6.07, 6.45) is 5.27. The van der Waals surface area contributed by atoms with Gasteiger partial charge in [0.1, 0.15) is 71.0 Å². The molecule has 4 aromatic rings. The number of halogens is 8. The van der Waals surface area contributed by atoms with Crippen molar-refractivity contribution in [3.05, 3.63) is 154 Å². The highest BCUT2D eigenvalue weighted by molar-refractivity contribution is 5.83. The Morgan fingerprint density at radius 3 is 0.967 bits per heavy atom. The van der Waals surface area contributed by atoms with E-state index in [1.54, 1.807) is 6.92 Å². The minimum Gasteiger partial charge on any atom is -0.364 e. The molecule has 6 atom stereocenters. The summed E-state index contributed by atoms with van der Waals surface area (Å²) in [6.45, 7) is 34.4. The van der Waals surface area contributed by atoms with Crippen LogP contribution in [0.2, 0.25) is 0 Å². The summed E-state index contributed by atoms with van der Waals surface area (Å²) in [4.78, 5) is 49.4. The molecule has 4 N–H and O–H groups in total. The molecule has 508 valence electrons. The van der Waals surface area contributed by atoms with Crippen molar-refractivity contribution in [2.45, 2.75) is 242 Å². The molecular weight excluding hydrogens is 1190 g/mol. The third-order valence-electron chi connectivity index (χ3n) is 13.7. The summed E-state index contributed by atoms with van der Waals surface area (Å²) in [5.74, 6) is -4.20. The van der Waals surface area contributed by atoms with Crippen molar-refractivity contribution in [2.24, 2.45) is 23.7 Å². The standard InChI is InChI=1S/C19H27F2NO2.C18H25F2NO2.C17H25F2NO2.C17H23F2NO2/c1-19(2,3)22-18(23)17(10-13-6-4-5-7-13)24-12-14-8-15(20)11-16(21)9-14;1-11-5-13(11)8-16(17(22)21-18(2,3)4)23-10-12-6-14(19)9-15(20)7-12;2*1-11(2)6-15(16(21)20-17(3,4)5)22-10-12-7-13(18)9-14(19)8-12/h8-9,11,13,17H,4-7,10,12H2,1-3H3,(H,22,23);6-7,9,11,13,16H,5,8,10H2,1-4H3,(H,21,22);7-9,11,15H,6,10H2,1-5H3,(H,20,21);7-9,15H,1,6,10H2,2-5H3,(H,20,21). The number of ether oxygens (including phenoxy) is 4. The lowest BCUT2D eigenvalue weighted by atomic mass is 9.98. The first-order chi connectivity index (χ1) is 42.0. The average molecular weight is 1290 g/mol. The Labute approximate surface area is 535 Å². The normalized spacial score (nSPS) is 16.3. The van der Waals surface area contributed by atoms with Crippen molar-refractivity contribution in [1.29, 1.82) is 0 Å². The van der Waals surface area contributed by atoms with E-state index in [9.17, 15) is 54.3 Å². The molecular formula is C71H100F8N4O8. The minimum absolute atomic E-state index is 0.0103. The average Bonchev–Trinajstić information content (AvgIpc) is 1.83. The molecule has 0 aliphatic heterocycles. The zero-order valence-electron chi connectivity index (χ0n) is 56.2. The van der Waals surface area contributed by atoms with E-state index in [1.165, 1.54) is 61.4 Å². The summed E-state index contributed by atoms with van der Waals surface area (Å²) in [5, 5.41) is 11.6. The van der Waals surface area contributed by atoms with Gasteiger partial charge in [0.25, 0.3) is 0 Å². The van der Waals surface area contributed by atoms with Crippen LogP contribution in [-0.4, -0.2) is 70.2 Å². The number of amides is 4. The molecule has 2 aliphatic carbocycles. The van der Waals surface area contributed by atoms with Crippen LogP contribution in [0.3, 0.4) is 0 Å². The summed E-state index contributed by atoms with van der Waals surface area (Å²) >= 11 is 0. The van der Waals surface area contributed by atoms with Crippen molar-refractivity contribution < 1.29 is 73.2 Å². The topological polar surface area (TPSA) is 153 Å². The first kappa shape index (κ1) is 79.0. The van der Waals surface area contributed by atoms with Crippen LogP contribution in [0.5, 0.6) is 0 Å². The molecule has 2 fully saturated rings. The quantitative estimate of drug-likeness (QED) is 0.0400. The van der Waals surface area contributed by atoms with E-state index < -0.39 is 76.5 Å². The molecule has 0 spiro atoms. The fraction of sp³-hybridized carbons (Fsp3) is 0.577. The Bertz CT molecular complexity index is 2900. The van der Waals surface area contributed by atoms with Crippen LogP contribution in [0.4, 0.5) is 35.1 Å². The molecule has 2 saturated carbocycles. The van der Waals surface area contributed by atoms with E-state index in [4.69, 9.17) is 18.9 Å². The second-order valence-electron chi connectivity index (χ2n) is 28.7. The van der Waals surface area contributed by atoms with Gasteiger partial charge in [-0.2, -0.15) is 0 Å². The maximum Gasteiger partial charge on any atom is 0.249 e. The Hall–Kier alpha value is -6.22. The third-order valence-corrected chi connectivity index (χ3v) is 13.7. The van der Waals surface area contributed by atoms with E-state index in [1.807, 2.05) is 96.9 Å². The van der Waals surface area contributed by atoms with Crippen molar-refractivity contribution in [1.82, 2.24) is 21.3 Å². The van der Waals surface area contributed by atoms with Gasteiger partial charge in [0.2, 0.25) is 23.6 Å². The van der Waals surface area contributed by atoms with Crippen LogP contribution < -0.4 is 21.3 Å². The fourth-order valence-corrected chi connectivity index (χ4v) is 9.64. The second-order valence-corrected chi connectivity index (χ2v) is 28.7. The summed E-state index contributed by atoms with van der Waals surface area (Å²) in [5.41, 5.74) is 0.840. The molecule has 20 heteroatoms. The third kappa shape index (κ3) is 34.9. The molecule has 6 unspecified atom stereocenters. The number of hydrogen-bond acceptors (Lipinski definition) is 8. The Morgan fingerprint density at radius 1 is 0.451 bits per heavy atom. The molecule has 0 bridgehead atoms. The first-order valence-electron chi connectivity index (χ1n) is 31.2. The van der Waals surface area contributed by atoms with Gasteiger partial charge in [-0.15, -0.1) is 6.58 Å². The number of hydrogen-bond donors (Lipinski definition) is 4. The van der Waals surface area contributed by atoms with Gasteiger partial charge in [0, 0.05) is 52.8 Å². The van der Waals surface area contributed by atoms with Crippen LogP contribution in [0.15, 0.2) is 84.9 Å². The van der Waals surface area contributed by atoms with Gasteiger partial charge in [0.15, 0.2) is 0 Å². The molecule has 4 aromatic carbocycles. The predicted molar refractivity (Wildman–Crippen MR) is 339 cm³/mol. The van der Waals surface area contributed by atoms with Crippen LogP contribution in [-0.2, 0) is 64.6 Å². The lowest BCUT2D eigenvalue weighted by Gasteiger charge is -2.26. The fourth-order valence-electron chi connectivity index (χ4n) is 9.64. The molecule has 0 aromatic heterocycles. The number of rotatable bonds is 24. The molecule has 12 nitrogen and oxygen atoms in total. The molecule has 6 rings (SSSR count). The van der Waals surface area contributed by atoms with Gasteiger partial charge >= 0.3 is 0 Å². The Morgan fingerprint density at radius 2 is 0.703 bits per heavy atom. The van der Waals surface area contributed by atoms with E-state index in [0.29, 0.717) is 65.7 Å². The minimum atomic E-state index is -0.747. The van der Waals surface area contributed by atoms with Crippen LogP contribution in [0, 0.1) is 70.2 Å². The number of carbonyl (C=O) groups excluding carboxylic acids is 4. The summed E-state index contributed by atoms with van der Waals surface area (Å²) in [7, 11) is 0. The molecule has 4 amide bonds. The van der Waals surface area contributed by atoms with E-state index in [2.05, 4.69) is 34.8 Å². The van der Waals surface area contributed by atoms with Crippen LogP contribution in [0.1, 0.15) is 191 Å². The summed E-state index contributed by atoms with van der Waals surface area (Å²) in [6, 6.07) is 12.9. The molecule has 2 aliphatic rings. The number of benzene rings is 4. The van der Waals surface area contributed by atoms with Crippen molar-refractivity contribution in [3.63, 3.8) is 0 Å². The maximum absolute atomic E-state index is 13.3. The zero-order valence-corrected chi connectivity index (χ0v) is 56.2. The van der Waals surface area contributed by atoms with Gasteiger partial charge in [-0.1, -0.05) is 52.0 Å². The van der Waals surface area contributed by atoms with Crippen LogP contribution >= 0.6 is 0 Å². The van der Waals surface area contributed by atoms with E-state index in [-0.39, 0.29) is 72.6 Å².